The third kappa shape index (κ3) is 3.85. The quantitative estimate of drug-likeness (QED) is 0.737. The van der Waals surface area contributed by atoms with Crippen molar-refractivity contribution >= 4 is 40.2 Å². The molecule has 1 aromatic heterocycles. The largest absolute Gasteiger partial charge is 0.452 e. The maximum atomic E-state index is 12.0. The van der Waals surface area contributed by atoms with Crippen LogP contribution in [0.4, 0.5) is 5.69 Å². The van der Waals surface area contributed by atoms with Crippen LogP contribution >= 0.6 is 11.6 Å². The van der Waals surface area contributed by atoms with Gasteiger partial charge in [-0.15, -0.1) is 0 Å². The first kappa shape index (κ1) is 15.9. The molecule has 7 heteroatoms. The molecule has 120 valence electrons. The predicted molar refractivity (Wildman–Crippen MR) is 89.9 cm³/mol. The van der Waals surface area contributed by atoms with E-state index in [0.717, 1.165) is 0 Å². The van der Waals surface area contributed by atoms with Gasteiger partial charge in [-0.1, -0.05) is 11.6 Å². The smallest absolute Gasteiger partial charge is 0.338 e. The van der Waals surface area contributed by atoms with Crippen LogP contribution in [0.15, 0.2) is 54.9 Å². The molecule has 3 aromatic rings. The summed E-state index contributed by atoms with van der Waals surface area (Å²) in [5, 5.41) is 3.18. The Hall–Kier alpha value is -2.99. The number of amides is 1. The summed E-state index contributed by atoms with van der Waals surface area (Å²) in [4.78, 5) is 32.1. The molecular weight excluding hydrogens is 330 g/mol. The molecule has 0 saturated heterocycles. The Morgan fingerprint density at radius 3 is 2.46 bits per heavy atom. The van der Waals surface area contributed by atoms with Crippen LogP contribution in [0.5, 0.6) is 0 Å². The van der Waals surface area contributed by atoms with E-state index in [0.29, 0.717) is 27.3 Å². The molecule has 0 fully saturated rings. The highest BCUT2D eigenvalue weighted by Crippen LogP contribution is 2.14. The minimum atomic E-state index is -0.603. The summed E-state index contributed by atoms with van der Waals surface area (Å²) in [5.74, 6) is -1.04. The topological polar surface area (TPSA) is 81.2 Å². The molecule has 0 radical (unpaired) electrons. The van der Waals surface area contributed by atoms with Crippen molar-refractivity contribution < 1.29 is 14.3 Å². The number of nitrogens with one attached hydrogen (secondary N) is 1. The number of esters is 1. The number of carbonyl (C=O) groups is 2. The normalized spacial score (nSPS) is 10.4. The number of rotatable bonds is 4. The number of aromatic nitrogens is 2. The fourth-order valence-electron chi connectivity index (χ4n) is 2.03. The van der Waals surface area contributed by atoms with Crippen LogP contribution in [0.2, 0.25) is 5.02 Å². The number of nitrogens with zero attached hydrogens (tertiary/aromatic N) is 2. The van der Waals surface area contributed by atoms with Crippen molar-refractivity contribution in [3.63, 3.8) is 0 Å². The third-order valence-corrected chi connectivity index (χ3v) is 3.42. The number of benzene rings is 2. The summed E-state index contributed by atoms with van der Waals surface area (Å²) < 4.78 is 5.01. The molecule has 6 nitrogen and oxygen atoms in total. The number of ether oxygens (including phenoxy) is 1. The zero-order valence-electron chi connectivity index (χ0n) is 12.4. The van der Waals surface area contributed by atoms with Crippen molar-refractivity contribution in [2.75, 3.05) is 11.9 Å². The molecule has 0 bridgehead atoms. The molecule has 0 atom stereocenters. The van der Waals surface area contributed by atoms with Crippen molar-refractivity contribution in [2.45, 2.75) is 0 Å². The molecule has 0 aliphatic heterocycles. The highest BCUT2D eigenvalue weighted by atomic mass is 35.5. The lowest BCUT2D eigenvalue weighted by molar-refractivity contribution is -0.119. The van der Waals surface area contributed by atoms with Crippen molar-refractivity contribution in [2.24, 2.45) is 0 Å². The van der Waals surface area contributed by atoms with Gasteiger partial charge in [0.1, 0.15) is 0 Å². The van der Waals surface area contributed by atoms with Gasteiger partial charge in [-0.25, -0.2) is 4.79 Å². The van der Waals surface area contributed by atoms with E-state index in [2.05, 4.69) is 15.3 Å². The molecule has 1 N–H and O–H groups in total. The first-order valence-corrected chi connectivity index (χ1v) is 7.43. The zero-order chi connectivity index (χ0) is 16.9. The average Bonchev–Trinajstić information content (AvgIpc) is 2.61. The summed E-state index contributed by atoms with van der Waals surface area (Å²) in [5.41, 5.74) is 2.14. The molecule has 2 aromatic carbocycles. The van der Waals surface area contributed by atoms with E-state index in [9.17, 15) is 9.59 Å². The lowest BCUT2D eigenvalue weighted by Crippen LogP contribution is -2.20. The van der Waals surface area contributed by atoms with Crippen LogP contribution in [0, 0.1) is 0 Å². The second-order valence-electron chi connectivity index (χ2n) is 4.89. The van der Waals surface area contributed by atoms with Gasteiger partial charge in [0.15, 0.2) is 6.61 Å². The van der Waals surface area contributed by atoms with Gasteiger partial charge in [-0.2, -0.15) is 0 Å². The molecule has 24 heavy (non-hydrogen) atoms. The van der Waals surface area contributed by atoms with Crippen molar-refractivity contribution in [1.29, 1.82) is 0 Å². The van der Waals surface area contributed by atoms with Crippen molar-refractivity contribution in [3.05, 3.63) is 65.4 Å². The van der Waals surface area contributed by atoms with Crippen molar-refractivity contribution in [3.8, 4) is 0 Å². The molecule has 0 spiro atoms. The summed E-state index contributed by atoms with van der Waals surface area (Å²) in [7, 11) is 0. The lowest BCUT2D eigenvalue weighted by atomic mass is 10.2. The Balaban J connectivity index is 1.59. The molecule has 0 aliphatic rings. The first-order chi connectivity index (χ1) is 11.6. The van der Waals surface area contributed by atoms with E-state index in [1.807, 2.05) is 0 Å². The van der Waals surface area contributed by atoms with E-state index in [1.54, 1.807) is 48.7 Å². The van der Waals surface area contributed by atoms with Crippen LogP contribution in [0.3, 0.4) is 0 Å². The van der Waals surface area contributed by atoms with E-state index >= 15 is 0 Å². The van der Waals surface area contributed by atoms with Crippen LogP contribution in [0.1, 0.15) is 10.4 Å². The van der Waals surface area contributed by atoms with Gasteiger partial charge in [0.25, 0.3) is 5.91 Å². The van der Waals surface area contributed by atoms with Crippen LogP contribution in [0.25, 0.3) is 11.0 Å². The second-order valence-corrected chi connectivity index (χ2v) is 5.33. The number of carbonyl (C=O) groups excluding carboxylic acids is 2. The number of anilines is 1. The monoisotopic (exact) mass is 341 g/mol. The zero-order valence-corrected chi connectivity index (χ0v) is 13.2. The van der Waals surface area contributed by atoms with Gasteiger partial charge in [0.05, 0.1) is 16.6 Å². The number of hydrogen-bond donors (Lipinski definition) is 1. The van der Waals surface area contributed by atoms with Crippen LogP contribution in [-0.4, -0.2) is 28.5 Å². The van der Waals surface area contributed by atoms with Gasteiger partial charge in [-0.05, 0) is 42.5 Å². The third-order valence-electron chi connectivity index (χ3n) is 3.17. The number of halogens is 1. The molecule has 1 amide bonds. The number of hydrogen-bond acceptors (Lipinski definition) is 5. The maximum absolute atomic E-state index is 12.0. The molecule has 0 saturated carbocycles. The van der Waals surface area contributed by atoms with Gasteiger partial charge in [0.2, 0.25) is 0 Å². The molecular formula is C17H12ClN3O3. The maximum Gasteiger partial charge on any atom is 0.338 e. The Kier molecular flexibility index (Phi) is 4.67. The summed E-state index contributed by atoms with van der Waals surface area (Å²) in [6.07, 6.45) is 3.11. The predicted octanol–water partition coefficient (Wildman–Crippen LogP) is 3.08. The molecule has 3 rings (SSSR count). The number of fused-ring (bicyclic) bond motifs is 1. The van der Waals surface area contributed by atoms with E-state index in [-0.39, 0.29) is 6.61 Å². The fraction of sp³-hybridized carbons (Fsp3) is 0.0588. The second kappa shape index (κ2) is 7.06. The van der Waals surface area contributed by atoms with E-state index < -0.39 is 11.9 Å². The SMILES string of the molecule is O=C(COC(=O)c1ccc2nccnc2c1)Nc1ccc(Cl)cc1. The van der Waals surface area contributed by atoms with Gasteiger partial charge in [-0.3, -0.25) is 14.8 Å². The Morgan fingerprint density at radius 2 is 1.71 bits per heavy atom. The van der Waals surface area contributed by atoms with Crippen molar-refractivity contribution in [1.82, 2.24) is 9.97 Å². The molecule has 0 aliphatic carbocycles. The van der Waals surface area contributed by atoms with Crippen LogP contribution < -0.4 is 5.32 Å². The van der Waals surface area contributed by atoms with Gasteiger partial charge >= 0.3 is 5.97 Å². The minimum Gasteiger partial charge on any atom is -0.452 e. The van der Waals surface area contributed by atoms with Gasteiger partial charge in [0, 0.05) is 23.1 Å². The highest BCUT2D eigenvalue weighted by Gasteiger charge is 2.11. The molecule has 0 unspecified atom stereocenters. The Morgan fingerprint density at radius 1 is 1.00 bits per heavy atom. The standard InChI is InChI=1S/C17H12ClN3O3/c18-12-2-4-13(5-3-12)21-16(22)10-24-17(23)11-1-6-14-15(9-11)20-8-7-19-14/h1-9H,10H2,(H,21,22). The highest BCUT2D eigenvalue weighted by molar-refractivity contribution is 6.30. The summed E-state index contributed by atoms with van der Waals surface area (Å²) in [6, 6.07) is 11.4. The fourth-order valence-corrected chi connectivity index (χ4v) is 2.16. The van der Waals surface area contributed by atoms with Gasteiger partial charge < -0.3 is 10.1 Å². The van der Waals surface area contributed by atoms with E-state index in [4.69, 9.17) is 16.3 Å². The lowest BCUT2D eigenvalue weighted by Gasteiger charge is -2.07. The van der Waals surface area contributed by atoms with Crippen LogP contribution in [-0.2, 0) is 9.53 Å². The Bertz CT molecular complexity index is 897. The summed E-state index contributed by atoms with van der Waals surface area (Å²) >= 11 is 5.77. The summed E-state index contributed by atoms with van der Waals surface area (Å²) in [6.45, 7) is -0.389. The minimum absolute atomic E-state index is 0.308. The van der Waals surface area contributed by atoms with E-state index in [1.165, 1.54) is 6.20 Å². The first-order valence-electron chi connectivity index (χ1n) is 7.05. The Labute approximate surface area is 142 Å². The average molecular weight is 342 g/mol. The molecule has 1 heterocycles.